The molecular weight excluding hydrogens is 546 g/mol. The Morgan fingerprint density at radius 3 is 2.33 bits per heavy atom. The van der Waals surface area contributed by atoms with Crippen molar-refractivity contribution < 1.29 is 18.8 Å². The van der Waals surface area contributed by atoms with E-state index in [0.717, 1.165) is 44.7 Å². The Labute approximate surface area is 252 Å². The highest BCUT2D eigenvalue weighted by molar-refractivity contribution is 6.06. The fourth-order valence-electron chi connectivity index (χ4n) is 5.16. The lowest BCUT2D eigenvalue weighted by atomic mass is 10.1. The Bertz CT molecular complexity index is 1440. The van der Waals surface area contributed by atoms with Gasteiger partial charge in [0.1, 0.15) is 6.26 Å². The van der Waals surface area contributed by atoms with E-state index in [-0.39, 0.29) is 29.6 Å². The number of anilines is 3. The Balaban J connectivity index is 1.26. The number of carbonyl (C=O) groups excluding carboxylic acids is 3. The summed E-state index contributed by atoms with van der Waals surface area (Å²) in [4.78, 5) is 47.0. The van der Waals surface area contributed by atoms with E-state index in [9.17, 15) is 14.4 Å². The van der Waals surface area contributed by atoms with Crippen molar-refractivity contribution >= 4 is 34.9 Å². The lowest BCUT2D eigenvalue weighted by Crippen LogP contribution is -2.47. The summed E-state index contributed by atoms with van der Waals surface area (Å²) < 4.78 is 5.53. The molecular formula is C32H41N7O4. The maximum absolute atomic E-state index is 13.2. The first-order valence-electron chi connectivity index (χ1n) is 15.1. The summed E-state index contributed by atoms with van der Waals surface area (Å²) in [5.74, 6) is 0.268. The van der Waals surface area contributed by atoms with Crippen LogP contribution in [0.15, 0.2) is 53.1 Å². The van der Waals surface area contributed by atoms with Crippen LogP contribution in [0, 0.1) is 6.92 Å². The maximum atomic E-state index is 13.2. The van der Waals surface area contributed by atoms with Gasteiger partial charge in [-0.3, -0.25) is 9.59 Å². The van der Waals surface area contributed by atoms with Gasteiger partial charge < -0.3 is 35.5 Å². The molecule has 0 spiro atoms. The molecule has 4 amide bonds. The monoisotopic (exact) mass is 587 g/mol. The quantitative estimate of drug-likeness (QED) is 0.247. The molecule has 2 aliphatic rings. The lowest BCUT2D eigenvalue weighted by Gasteiger charge is -2.38. The van der Waals surface area contributed by atoms with Gasteiger partial charge in [0.05, 0.1) is 11.4 Å². The average molecular weight is 588 g/mol. The Hall–Kier alpha value is -4.54. The number of carbonyl (C=O) groups is 3. The zero-order valence-corrected chi connectivity index (χ0v) is 25.1. The first-order chi connectivity index (χ1) is 20.8. The molecule has 43 heavy (non-hydrogen) atoms. The highest BCUT2D eigenvalue weighted by Gasteiger charge is 2.30. The van der Waals surface area contributed by atoms with Crippen molar-refractivity contribution in [2.75, 3.05) is 54.4 Å². The molecule has 3 aromatic rings. The normalized spacial score (nSPS) is 14.9. The molecule has 1 aromatic heterocycles. The minimum Gasteiger partial charge on any atom is -0.448 e. The summed E-state index contributed by atoms with van der Waals surface area (Å²) in [6, 6.07) is 13.6. The number of aromatic nitrogens is 1. The summed E-state index contributed by atoms with van der Waals surface area (Å²) in [6.45, 7) is 9.93. The van der Waals surface area contributed by atoms with Gasteiger partial charge in [0.15, 0.2) is 11.6 Å². The molecule has 228 valence electrons. The second kappa shape index (κ2) is 13.6. The van der Waals surface area contributed by atoms with Crippen molar-refractivity contribution in [2.24, 2.45) is 0 Å². The van der Waals surface area contributed by atoms with Crippen LogP contribution in [0.5, 0.6) is 0 Å². The van der Waals surface area contributed by atoms with Gasteiger partial charge in [-0.1, -0.05) is 18.2 Å². The second-order valence-electron chi connectivity index (χ2n) is 11.5. The lowest BCUT2D eigenvalue weighted by molar-refractivity contribution is 0.0952. The van der Waals surface area contributed by atoms with Crippen LogP contribution in [-0.4, -0.2) is 68.1 Å². The smallest absolute Gasteiger partial charge is 0.314 e. The van der Waals surface area contributed by atoms with E-state index in [1.807, 2.05) is 26.0 Å². The van der Waals surface area contributed by atoms with E-state index in [1.54, 1.807) is 12.1 Å². The number of nitrogens with zero attached hydrogens (tertiary/aromatic N) is 3. The first-order valence-corrected chi connectivity index (χ1v) is 15.1. The van der Waals surface area contributed by atoms with Gasteiger partial charge in [-0.25, -0.2) is 9.78 Å². The molecule has 0 atom stereocenters. The molecule has 0 bridgehead atoms. The number of rotatable bonds is 11. The molecule has 2 fully saturated rings. The predicted octanol–water partition coefficient (Wildman–Crippen LogP) is 4.27. The number of para-hydroxylation sites is 1. The minimum atomic E-state index is -0.376. The predicted molar refractivity (Wildman–Crippen MR) is 167 cm³/mol. The maximum Gasteiger partial charge on any atom is 0.314 e. The van der Waals surface area contributed by atoms with Crippen LogP contribution < -0.4 is 31.1 Å². The van der Waals surface area contributed by atoms with Crippen molar-refractivity contribution in [3.63, 3.8) is 0 Å². The highest BCUT2D eigenvalue weighted by atomic mass is 16.3. The SMILES string of the molecule is Cc1ccccc1N1CCN(c2ccc(C(=O)NCCCNC(=O)NC(C)C)cc2NC(=O)c2coc(C3CC3)n2)CC1. The van der Waals surface area contributed by atoms with Crippen molar-refractivity contribution in [1.82, 2.24) is 20.9 Å². The number of benzene rings is 2. The fraction of sp³-hybridized carbons (Fsp3) is 0.438. The Morgan fingerprint density at radius 2 is 1.63 bits per heavy atom. The van der Waals surface area contributed by atoms with Crippen LogP contribution in [0.1, 0.15) is 71.3 Å². The summed E-state index contributed by atoms with van der Waals surface area (Å²) >= 11 is 0. The third kappa shape index (κ3) is 7.85. The zero-order chi connectivity index (χ0) is 30.3. The van der Waals surface area contributed by atoms with Crippen molar-refractivity contribution in [3.05, 3.63) is 71.4 Å². The van der Waals surface area contributed by atoms with Crippen LogP contribution in [0.25, 0.3) is 0 Å². The molecule has 0 unspecified atom stereocenters. The molecule has 2 aromatic carbocycles. The Morgan fingerprint density at radius 1 is 0.930 bits per heavy atom. The molecule has 4 N–H and O–H groups in total. The van der Waals surface area contributed by atoms with Gasteiger partial charge in [0.2, 0.25) is 0 Å². The minimum absolute atomic E-state index is 0.0545. The number of piperazine rings is 1. The molecule has 11 nitrogen and oxygen atoms in total. The third-order valence-electron chi connectivity index (χ3n) is 7.61. The van der Waals surface area contributed by atoms with E-state index in [1.165, 1.54) is 17.5 Å². The van der Waals surface area contributed by atoms with Gasteiger partial charge in [-0.2, -0.15) is 0 Å². The molecule has 1 aliphatic heterocycles. The number of hydrogen-bond donors (Lipinski definition) is 4. The summed E-state index contributed by atoms with van der Waals surface area (Å²) in [5, 5.41) is 11.4. The van der Waals surface area contributed by atoms with E-state index in [2.05, 4.69) is 61.2 Å². The molecule has 5 rings (SSSR count). The summed E-state index contributed by atoms with van der Waals surface area (Å²) in [6.07, 6.45) is 4.03. The van der Waals surface area contributed by atoms with Crippen LogP contribution in [0.4, 0.5) is 21.9 Å². The van der Waals surface area contributed by atoms with E-state index in [4.69, 9.17) is 4.42 Å². The number of amides is 4. The van der Waals surface area contributed by atoms with Gasteiger partial charge >= 0.3 is 6.03 Å². The number of urea groups is 1. The zero-order valence-electron chi connectivity index (χ0n) is 25.1. The van der Waals surface area contributed by atoms with Crippen molar-refractivity contribution in [2.45, 2.75) is 52.0 Å². The largest absolute Gasteiger partial charge is 0.448 e. The van der Waals surface area contributed by atoms with Crippen molar-refractivity contribution in [1.29, 1.82) is 0 Å². The van der Waals surface area contributed by atoms with E-state index in [0.29, 0.717) is 42.6 Å². The van der Waals surface area contributed by atoms with Crippen LogP contribution in [-0.2, 0) is 0 Å². The molecule has 11 heteroatoms. The van der Waals surface area contributed by atoms with E-state index >= 15 is 0 Å². The third-order valence-corrected chi connectivity index (χ3v) is 7.61. The molecule has 2 heterocycles. The van der Waals surface area contributed by atoms with Crippen LogP contribution in [0.3, 0.4) is 0 Å². The van der Waals surface area contributed by atoms with Crippen LogP contribution in [0.2, 0.25) is 0 Å². The Kier molecular flexibility index (Phi) is 9.48. The molecule has 1 saturated carbocycles. The van der Waals surface area contributed by atoms with Gasteiger partial charge in [0, 0.05) is 62.5 Å². The van der Waals surface area contributed by atoms with E-state index < -0.39 is 0 Å². The highest BCUT2D eigenvalue weighted by Crippen LogP contribution is 2.39. The first kappa shape index (κ1) is 29.9. The van der Waals surface area contributed by atoms with Crippen molar-refractivity contribution in [3.8, 4) is 0 Å². The molecule has 1 aliphatic carbocycles. The topological polar surface area (TPSA) is 132 Å². The summed E-state index contributed by atoms with van der Waals surface area (Å²) in [5.41, 5.74) is 4.52. The number of aryl methyl sites for hydroxylation is 1. The molecule has 0 radical (unpaired) electrons. The van der Waals surface area contributed by atoms with Gasteiger partial charge in [0.25, 0.3) is 11.8 Å². The van der Waals surface area contributed by atoms with Gasteiger partial charge in [-0.05, 0) is 69.9 Å². The van der Waals surface area contributed by atoms with Crippen LogP contribution >= 0.6 is 0 Å². The second-order valence-corrected chi connectivity index (χ2v) is 11.5. The number of hydrogen-bond acceptors (Lipinski definition) is 7. The number of nitrogens with one attached hydrogen (secondary N) is 4. The number of oxazole rings is 1. The summed E-state index contributed by atoms with van der Waals surface area (Å²) in [7, 11) is 0. The standard InChI is InChI=1S/C32H41N7O4/c1-21(2)35-32(42)34-14-6-13-33-29(40)24-11-12-28(39-17-15-38(16-18-39)27-8-5-4-7-22(27)3)25(19-24)36-30(41)26-20-43-31(37-26)23-9-10-23/h4-5,7-8,11-12,19-21,23H,6,9-10,13-18H2,1-3H3,(H,33,40)(H,36,41)(H2,34,35,42). The fourth-order valence-corrected chi connectivity index (χ4v) is 5.16. The average Bonchev–Trinajstić information content (AvgIpc) is 3.72. The molecule has 1 saturated heterocycles. The van der Waals surface area contributed by atoms with Gasteiger partial charge in [-0.15, -0.1) is 0 Å².